The zero-order chi connectivity index (χ0) is 26.2. The lowest BCUT2D eigenvalue weighted by atomic mass is 10.0. The molecule has 2 saturated heterocycles. The zero-order valence-corrected chi connectivity index (χ0v) is 22.1. The van der Waals surface area contributed by atoms with Gasteiger partial charge in [0, 0.05) is 70.5 Å². The van der Waals surface area contributed by atoms with Crippen LogP contribution in [-0.2, 0) is 19.6 Å². The van der Waals surface area contributed by atoms with Crippen LogP contribution in [0.15, 0.2) is 78.9 Å². The first-order valence-corrected chi connectivity index (χ1v) is 13.7. The first-order valence-electron chi connectivity index (χ1n) is 13.7. The maximum absolute atomic E-state index is 12.9. The largest absolute Gasteiger partial charge is 0.349 e. The van der Waals surface area contributed by atoms with E-state index in [4.69, 9.17) is 5.26 Å². The van der Waals surface area contributed by atoms with Gasteiger partial charge in [-0.15, -0.1) is 0 Å². The summed E-state index contributed by atoms with van der Waals surface area (Å²) in [6.45, 7) is 9.07. The zero-order valence-electron chi connectivity index (χ0n) is 22.1. The van der Waals surface area contributed by atoms with E-state index in [0.717, 1.165) is 77.3 Å². The Labute approximate surface area is 226 Å². The fraction of sp³-hybridized carbons (Fsp3) is 0.375. The minimum atomic E-state index is 0.0246. The third kappa shape index (κ3) is 7.29. The van der Waals surface area contributed by atoms with Gasteiger partial charge in [0.2, 0.25) is 0 Å². The van der Waals surface area contributed by atoms with Crippen LogP contribution in [0.25, 0.3) is 0 Å². The molecule has 0 bridgehead atoms. The highest BCUT2D eigenvalue weighted by atomic mass is 16.1. The Morgan fingerprint density at radius 3 is 1.68 bits per heavy atom. The summed E-state index contributed by atoms with van der Waals surface area (Å²) >= 11 is 0. The molecule has 3 aromatic rings. The highest BCUT2D eigenvalue weighted by molar-refractivity contribution is 5.94. The highest BCUT2D eigenvalue weighted by Crippen LogP contribution is 2.16. The van der Waals surface area contributed by atoms with E-state index < -0.39 is 0 Å². The van der Waals surface area contributed by atoms with Crippen LogP contribution in [0.4, 0.5) is 0 Å². The lowest BCUT2D eigenvalue weighted by Crippen LogP contribution is -2.45. The number of carbonyl (C=O) groups is 1. The summed E-state index contributed by atoms with van der Waals surface area (Å²) in [6.07, 6.45) is 1.91. The summed E-state index contributed by atoms with van der Waals surface area (Å²) in [5, 5.41) is 12.2. The van der Waals surface area contributed by atoms with Gasteiger partial charge in [0.1, 0.15) is 0 Å². The van der Waals surface area contributed by atoms with Crippen molar-refractivity contribution in [1.29, 1.82) is 5.26 Å². The van der Waals surface area contributed by atoms with Gasteiger partial charge in [0.25, 0.3) is 5.91 Å². The standard InChI is InChI=1S/C32H37N5O/c33-22-26-6-8-28(9-7-26)24-35-16-14-31(15-17-35)34-32(38)30-12-10-29(11-13-30)25-37-20-18-36(19-21-37)23-27-4-2-1-3-5-27/h1-13,31H,14-21,23-25H2,(H,34,38). The number of piperidine rings is 1. The van der Waals surface area contributed by atoms with Gasteiger partial charge in [0.05, 0.1) is 11.6 Å². The number of likely N-dealkylation sites (tertiary alicyclic amines) is 1. The number of benzene rings is 3. The molecule has 0 radical (unpaired) electrons. The molecular weight excluding hydrogens is 470 g/mol. The van der Waals surface area contributed by atoms with Gasteiger partial charge >= 0.3 is 0 Å². The molecule has 1 amide bonds. The molecule has 0 aliphatic carbocycles. The van der Waals surface area contributed by atoms with Gasteiger partial charge in [-0.3, -0.25) is 19.5 Å². The second kappa shape index (κ2) is 12.8. The predicted octanol–water partition coefficient (Wildman–Crippen LogP) is 4.27. The maximum Gasteiger partial charge on any atom is 0.251 e. The molecule has 2 aliphatic heterocycles. The van der Waals surface area contributed by atoms with Crippen LogP contribution in [0.3, 0.4) is 0 Å². The molecule has 0 saturated carbocycles. The molecule has 6 nitrogen and oxygen atoms in total. The van der Waals surface area contributed by atoms with Crippen molar-refractivity contribution in [3.8, 4) is 6.07 Å². The molecule has 0 unspecified atom stereocenters. The molecular formula is C32H37N5O. The molecule has 5 rings (SSSR count). The second-order valence-electron chi connectivity index (χ2n) is 10.6. The van der Waals surface area contributed by atoms with Gasteiger partial charge in [-0.2, -0.15) is 5.26 Å². The molecule has 1 N–H and O–H groups in total. The van der Waals surface area contributed by atoms with Crippen LogP contribution in [0.5, 0.6) is 0 Å². The van der Waals surface area contributed by atoms with E-state index >= 15 is 0 Å². The molecule has 0 spiro atoms. The summed E-state index contributed by atoms with van der Waals surface area (Å²) in [5.74, 6) is 0.0246. The SMILES string of the molecule is N#Cc1ccc(CN2CCC(NC(=O)c3ccc(CN4CCN(Cc5ccccc5)CC4)cc3)CC2)cc1. The minimum Gasteiger partial charge on any atom is -0.349 e. The van der Waals surface area contributed by atoms with Gasteiger partial charge < -0.3 is 5.32 Å². The van der Waals surface area contributed by atoms with Crippen molar-refractivity contribution in [3.63, 3.8) is 0 Å². The number of carbonyl (C=O) groups excluding carboxylic acids is 1. The predicted molar refractivity (Wildman–Crippen MR) is 150 cm³/mol. The van der Waals surface area contributed by atoms with Gasteiger partial charge in [0.15, 0.2) is 0 Å². The van der Waals surface area contributed by atoms with Crippen molar-refractivity contribution in [3.05, 3.63) is 107 Å². The van der Waals surface area contributed by atoms with Crippen LogP contribution in [0.1, 0.15) is 45.5 Å². The average Bonchev–Trinajstić information content (AvgIpc) is 2.96. The summed E-state index contributed by atoms with van der Waals surface area (Å²) in [6, 6.07) is 29.0. The number of hydrogen-bond donors (Lipinski definition) is 1. The summed E-state index contributed by atoms with van der Waals surface area (Å²) < 4.78 is 0. The summed E-state index contributed by atoms with van der Waals surface area (Å²) in [7, 11) is 0. The van der Waals surface area contributed by atoms with E-state index in [1.807, 2.05) is 36.4 Å². The molecule has 0 atom stereocenters. The molecule has 38 heavy (non-hydrogen) atoms. The second-order valence-corrected chi connectivity index (χ2v) is 10.6. The number of rotatable bonds is 8. The van der Waals surface area contributed by atoms with Crippen LogP contribution in [-0.4, -0.2) is 65.9 Å². The Bertz CT molecular complexity index is 1200. The van der Waals surface area contributed by atoms with Gasteiger partial charge in [-0.25, -0.2) is 0 Å². The number of amides is 1. The number of nitrogens with one attached hydrogen (secondary N) is 1. The fourth-order valence-corrected chi connectivity index (χ4v) is 5.41. The van der Waals surface area contributed by atoms with Crippen LogP contribution >= 0.6 is 0 Å². The van der Waals surface area contributed by atoms with E-state index in [1.54, 1.807) is 0 Å². The average molecular weight is 508 g/mol. The Morgan fingerprint density at radius 1 is 0.684 bits per heavy atom. The van der Waals surface area contributed by atoms with Crippen molar-refractivity contribution in [2.75, 3.05) is 39.3 Å². The Balaban J connectivity index is 1.02. The third-order valence-electron chi connectivity index (χ3n) is 7.75. The van der Waals surface area contributed by atoms with Crippen molar-refractivity contribution in [2.24, 2.45) is 0 Å². The third-order valence-corrected chi connectivity index (χ3v) is 7.75. The van der Waals surface area contributed by atoms with Crippen molar-refractivity contribution < 1.29 is 4.79 Å². The molecule has 2 aliphatic rings. The molecule has 2 heterocycles. The van der Waals surface area contributed by atoms with Gasteiger partial charge in [-0.1, -0.05) is 54.6 Å². The lowest BCUT2D eigenvalue weighted by Gasteiger charge is -2.34. The fourth-order valence-electron chi connectivity index (χ4n) is 5.41. The van der Waals surface area contributed by atoms with Gasteiger partial charge in [-0.05, 0) is 53.8 Å². The molecule has 2 fully saturated rings. The normalized spacial score (nSPS) is 17.7. The van der Waals surface area contributed by atoms with Crippen molar-refractivity contribution in [2.45, 2.75) is 38.5 Å². The minimum absolute atomic E-state index is 0.0246. The lowest BCUT2D eigenvalue weighted by molar-refractivity contribution is 0.0909. The monoisotopic (exact) mass is 507 g/mol. The van der Waals surface area contributed by atoms with E-state index in [0.29, 0.717) is 5.56 Å². The van der Waals surface area contributed by atoms with Crippen LogP contribution < -0.4 is 5.32 Å². The van der Waals surface area contributed by atoms with E-state index in [1.165, 1.54) is 16.7 Å². The molecule has 3 aromatic carbocycles. The van der Waals surface area contributed by atoms with Crippen LogP contribution in [0, 0.1) is 11.3 Å². The highest BCUT2D eigenvalue weighted by Gasteiger charge is 2.22. The topological polar surface area (TPSA) is 62.6 Å². The van der Waals surface area contributed by atoms with Crippen LogP contribution in [0.2, 0.25) is 0 Å². The van der Waals surface area contributed by atoms with E-state index in [-0.39, 0.29) is 11.9 Å². The first-order chi connectivity index (χ1) is 18.6. The number of nitrogens with zero attached hydrogens (tertiary/aromatic N) is 4. The van der Waals surface area contributed by atoms with Crippen molar-refractivity contribution in [1.82, 2.24) is 20.0 Å². The first kappa shape index (κ1) is 26.1. The molecule has 0 aromatic heterocycles. The smallest absolute Gasteiger partial charge is 0.251 e. The number of nitriles is 1. The van der Waals surface area contributed by atoms with E-state index in [2.05, 4.69) is 68.6 Å². The molecule has 196 valence electrons. The number of piperazine rings is 1. The maximum atomic E-state index is 12.9. The number of hydrogen-bond acceptors (Lipinski definition) is 5. The summed E-state index contributed by atoms with van der Waals surface area (Å²) in [4.78, 5) is 20.3. The Hall–Kier alpha value is -3.50. The quantitative estimate of drug-likeness (QED) is 0.493. The van der Waals surface area contributed by atoms with E-state index in [9.17, 15) is 4.79 Å². The Morgan fingerprint density at radius 2 is 1.16 bits per heavy atom. The van der Waals surface area contributed by atoms with Crippen molar-refractivity contribution >= 4 is 5.91 Å². The molecule has 6 heteroatoms. The summed E-state index contributed by atoms with van der Waals surface area (Å²) in [5.41, 5.74) is 5.29. The Kier molecular flexibility index (Phi) is 8.82.